The number of imidazole rings is 1. The van der Waals surface area contributed by atoms with E-state index in [0.29, 0.717) is 12.6 Å². The van der Waals surface area contributed by atoms with Crippen molar-refractivity contribution in [3.63, 3.8) is 0 Å². The maximum Gasteiger partial charge on any atom is 0.223 e. The summed E-state index contributed by atoms with van der Waals surface area (Å²) in [7, 11) is 0. The first-order chi connectivity index (χ1) is 10.2. The summed E-state index contributed by atoms with van der Waals surface area (Å²) in [5, 5.41) is 6.41. The van der Waals surface area contributed by atoms with Crippen LogP contribution in [0.1, 0.15) is 25.6 Å². The smallest absolute Gasteiger partial charge is 0.223 e. The molecular formula is C16H22N4O. The molecule has 0 spiro atoms. The average molecular weight is 286 g/mol. The van der Waals surface area contributed by atoms with E-state index in [1.165, 1.54) is 0 Å². The second-order valence-electron chi connectivity index (χ2n) is 5.82. The van der Waals surface area contributed by atoms with E-state index in [-0.39, 0.29) is 11.8 Å². The van der Waals surface area contributed by atoms with E-state index in [4.69, 9.17) is 0 Å². The van der Waals surface area contributed by atoms with Gasteiger partial charge in [-0.1, -0.05) is 12.1 Å². The predicted molar refractivity (Wildman–Crippen MR) is 83.0 cm³/mol. The molecule has 1 aliphatic rings. The van der Waals surface area contributed by atoms with Crippen molar-refractivity contribution < 1.29 is 4.79 Å². The third kappa shape index (κ3) is 3.42. The van der Waals surface area contributed by atoms with Gasteiger partial charge in [-0.2, -0.15) is 0 Å². The number of rotatable bonds is 4. The third-order valence-electron chi connectivity index (χ3n) is 4.09. The highest BCUT2D eigenvalue weighted by molar-refractivity contribution is 5.79. The second-order valence-corrected chi connectivity index (χ2v) is 5.82. The molecule has 1 fully saturated rings. The van der Waals surface area contributed by atoms with E-state index in [2.05, 4.69) is 27.5 Å². The number of fused-ring (bicyclic) bond motifs is 1. The summed E-state index contributed by atoms with van der Waals surface area (Å²) in [5.41, 5.74) is 2.03. The van der Waals surface area contributed by atoms with Crippen LogP contribution >= 0.6 is 0 Å². The molecule has 0 saturated carbocycles. The molecule has 0 radical (unpaired) electrons. The molecule has 2 heterocycles. The van der Waals surface area contributed by atoms with Crippen molar-refractivity contribution in [3.05, 3.63) is 30.1 Å². The summed E-state index contributed by atoms with van der Waals surface area (Å²) in [5.74, 6) is 1.26. The molecule has 0 aliphatic carbocycles. The van der Waals surface area contributed by atoms with Crippen molar-refractivity contribution in [1.82, 2.24) is 20.6 Å². The van der Waals surface area contributed by atoms with Crippen LogP contribution in [0, 0.1) is 5.92 Å². The van der Waals surface area contributed by atoms with Crippen LogP contribution in [0.2, 0.25) is 0 Å². The molecule has 3 N–H and O–H groups in total. The summed E-state index contributed by atoms with van der Waals surface area (Å²) in [6.45, 7) is 3.70. The van der Waals surface area contributed by atoms with Crippen molar-refractivity contribution >= 4 is 16.9 Å². The topological polar surface area (TPSA) is 69.8 Å². The first kappa shape index (κ1) is 14.1. The van der Waals surface area contributed by atoms with E-state index >= 15 is 0 Å². The standard InChI is InChI=1S/C16H22N4O/c1-11-10-12(6-8-17-11)16(21)18-9-7-15-19-13-4-2-3-5-14(13)20-15/h2-5,11-12,17H,6-10H2,1H3,(H,18,21)(H,19,20)/t11-,12-/m0/s1. The molecule has 3 rings (SSSR count). The minimum absolute atomic E-state index is 0.150. The minimum atomic E-state index is 0.150. The Morgan fingerprint density at radius 2 is 2.29 bits per heavy atom. The van der Waals surface area contributed by atoms with Gasteiger partial charge < -0.3 is 15.6 Å². The van der Waals surface area contributed by atoms with Crippen LogP contribution in [-0.2, 0) is 11.2 Å². The van der Waals surface area contributed by atoms with Crippen LogP contribution in [-0.4, -0.2) is 35.0 Å². The molecule has 0 bridgehead atoms. The van der Waals surface area contributed by atoms with E-state index < -0.39 is 0 Å². The molecule has 1 aromatic heterocycles. The van der Waals surface area contributed by atoms with E-state index in [1.54, 1.807) is 0 Å². The van der Waals surface area contributed by atoms with Gasteiger partial charge in [0.2, 0.25) is 5.91 Å². The number of nitrogens with zero attached hydrogens (tertiary/aromatic N) is 1. The fourth-order valence-corrected chi connectivity index (χ4v) is 2.94. The van der Waals surface area contributed by atoms with E-state index in [1.807, 2.05) is 24.3 Å². The lowest BCUT2D eigenvalue weighted by atomic mass is 9.92. The van der Waals surface area contributed by atoms with Crippen LogP contribution in [0.3, 0.4) is 0 Å². The van der Waals surface area contributed by atoms with Crippen LogP contribution in [0.15, 0.2) is 24.3 Å². The van der Waals surface area contributed by atoms with E-state index in [0.717, 1.165) is 42.7 Å². The highest BCUT2D eigenvalue weighted by atomic mass is 16.1. The number of aromatic amines is 1. The number of benzene rings is 1. The van der Waals surface area contributed by atoms with Gasteiger partial charge in [0, 0.05) is 24.9 Å². The zero-order chi connectivity index (χ0) is 14.7. The molecule has 1 aromatic carbocycles. The molecule has 1 aliphatic heterocycles. The Kier molecular flexibility index (Phi) is 4.20. The number of para-hydroxylation sites is 2. The SMILES string of the molecule is C[C@H]1C[C@@H](C(=O)NCCc2nc3ccccc3[nH]2)CCN1. The predicted octanol–water partition coefficient (Wildman–Crippen LogP) is 1.61. The number of nitrogens with one attached hydrogen (secondary N) is 3. The van der Waals surface area contributed by atoms with Crippen molar-refractivity contribution in [3.8, 4) is 0 Å². The zero-order valence-corrected chi connectivity index (χ0v) is 12.4. The quantitative estimate of drug-likeness (QED) is 0.800. The lowest BCUT2D eigenvalue weighted by Gasteiger charge is -2.27. The summed E-state index contributed by atoms with van der Waals surface area (Å²) < 4.78 is 0. The van der Waals surface area contributed by atoms with Crippen molar-refractivity contribution in [2.24, 2.45) is 5.92 Å². The van der Waals surface area contributed by atoms with Crippen molar-refractivity contribution in [2.75, 3.05) is 13.1 Å². The molecular weight excluding hydrogens is 264 g/mol. The number of hydrogen-bond donors (Lipinski definition) is 3. The Hall–Kier alpha value is -1.88. The first-order valence-electron chi connectivity index (χ1n) is 7.67. The van der Waals surface area contributed by atoms with Crippen LogP contribution in [0.5, 0.6) is 0 Å². The molecule has 5 nitrogen and oxygen atoms in total. The van der Waals surface area contributed by atoms with Crippen molar-refractivity contribution in [2.45, 2.75) is 32.2 Å². The number of carbonyl (C=O) groups excluding carboxylic acids is 1. The van der Waals surface area contributed by atoms with Gasteiger partial charge in [0.15, 0.2) is 0 Å². The monoisotopic (exact) mass is 286 g/mol. The van der Waals surface area contributed by atoms with Gasteiger partial charge in [-0.3, -0.25) is 4.79 Å². The normalized spacial score (nSPS) is 22.3. The number of carbonyl (C=O) groups is 1. The number of piperidine rings is 1. The highest BCUT2D eigenvalue weighted by Crippen LogP contribution is 2.16. The second kappa shape index (κ2) is 6.26. The zero-order valence-electron chi connectivity index (χ0n) is 12.4. The number of hydrogen-bond acceptors (Lipinski definition) is 3. The largest absolute Gasteiger partial charge is 0.355 e. The highest BCUT2D eigenvalue weighted by Gasteiger charge is 2.24. The van der Waals surface area contributed by atoms with Gasteiger partial charge in [-0.05, 0) is 38.4 Å². The Morgan fingerprint density at radius 3 is 3.10 bits per heavy atom. The van der Waals surface area contributed by atoms with Gasteiger partial charge in [0.1, 0.15) is 5.82 Å². The first-order valence-corrected chi connectivity index (χ1v) is 7.67. The number of amides is 1. The molecule has 2 atom stereocenters. The Labute approximate surface area is 124 Å². The molecule has 112 valence electrons. The summed E-state index contributed by atoms with van der Waals surface area (Å²) >= 11 is 0. The Balaban J connectivity index is 1.50. The Morgan fingerprint density at radius 1 is 1.43 bits per heavy atom. The van der Waals surface area contributed by atoms with Gasteiger partial charge in [0.05, 0.1) is 11.0 Å². The molecule has 5 heteroatoms. The fourth-order valence-electron chi connectivity index (χ4n) is 2.94. The van der Waals surface area contributed by atoms with Gasteiger partial charge in [-0.25, -0.2) is 4.98 Å². The maximum absolute atomic E-state index is 12.1. The molecule has 1 saturated heterocycles. The average Bonchev–Trinajstić information content (AvgIpc) is 2.89. The summed E-state index contributed by atoms with van der Waals surface area (Å²) in [4.78, 5) is 19.9. The third-order valence-corrected chi connectivity index (χ3v) is 4.09. The molecule has 0 unspecified atom stereocenters. The molecule has 21 heavy (non-hydrogen) atoms. The maximum atomic E-state index is 12.1. The van der Waals surface area contributed by atoms with Gasteiger partial charge in [0.25, 0.3) is 0 Å². The lowest BCUT2D eigenvalue weighted by molar-refractivity contribution is -0.126. The lowest BCUT2D eigenvalue weighted by Crippen LogP contribution is -2.42. The summed E-state index contributed by atoms with van der Waals surface area (Å²) in [6.07, 6.45) is 2.60. The van der Waals surface area contributed by atoms with Crippen LogP contribution < -0.4 is 10.6 Å². The molecule has 2 aromatic rings. The Bertz CT molecular complexity index is 589. The summed E-state index contributed by atoms with van der Waals surface area (Å²) in [6, 6.07) is 8.41. The number of H-pyrrole nitrogens is 1. The van der Waals surface area contributed by atoms with Gasteiger partial charge in [-0.15, -0.1) is 0 Å². The fraction of sp³-hybridized carbons (Fsp3) is 0.500. The van der Waals surface area contributed by atoms with E-state index in [9.17, 15) is 4.79 Å². The minimum Gasteiger partial charge on any atom is -0.355 e. The van der Waals surface area contributed by atoms with Gasteiger partial charge >= 0.3 is 0 Å². The number of aromatic nitrogens is 2. The molecule has 1 amide bonds. The van der Waals surface area contributed by atoms with Crippen LogP contribution in [0.25, 0.3) is 11.0 Å². The van der Waals surface area contributed by atoms with Crippen molar-refractivity contribution in [1.29, 1.82) is 0 Å². The van der Waals surface area contributed by atoms with Crippen LogP contribution in [0.4, 0.5) is 0 Å².